The average Bonchev–Trinajstić information content (AvgIpc) is 3.30. The molecule has 4 aromatic rings. The lowest BCUT2D eigenvalue weighted by atomic mass is 10.1. The van der Waals surface area contributed by atoms with E-state index in [0.29, 0.717) is 0 Å². The van der Waals surface area contributed by atoms with Crippen LogP contribution in [0.5, 0.6) is 0 Å². The molecule has 0 aliphatic rings. The predicted octanol–water partition coefficient (Wildman–Crippen LogP) is 4.57. The lowest BCUT2D eigenvalue weighted by molar-refractivity contribution is -0.147. The lowest BCUT2D eigenvalue weighted by Gasteiger charge is -2.29. The quantitative estimate of drug-likeness (QED) is 0.0509. The molecule has 0 fully saturated rings. The molecule has 7 atom stereocenters. The van der Waals surface area contributed by atoms with E-state index in [-0.39, 0.29) is 39.6 Å². The molecule has 0 spiro atoms. The van der Waals surface area contributed by atoms with Gasteiger partial charge in [0.2, 0.25) is 23.6 Å². The van der Waals surface area contributed by atoms with Crippen molar-refractivity contribution in [3.05, 3.63) is 144 Å². The first-order valence-electron chi connectivity index (χ1n) is 22.0. The summed E-state index contributed by atoms with van der Waals surface area (Å²) < 4.78 is 29.1. The zero-order valence-electron chi connectivity index (χ0n) is 38.8. The third kappa shape index (κ3) is 19.4. The lowest BCUT2D eigenvalue weighted by Crippen LogP contribution is -2.61. The molecular weight excluding hydrogens is 863 g/mol. The first kappa shape index (κ1) is 53.0. The van der Waals surface area contributed by atoms with E-state index >= 15 is 0 Å². The largest absolute Gasteiger partial charge is 0.480 e. The summed E-state index contributed by atoms with van der Waals surface area (Å²) >= 11 is 0. The van der Waals surface area contributed by atoms with E-state index < -0.39 is 83.7 Å². The number of aliphatic carboxylic acids is 1. The van der Waals surface area contributed by atoms with Gasteiger partial charge in [-0.05, 0) is 63.8 Å². The topological polar surface area (TPSA) is 229 Å². The van der Waals surface area contributed by atoms with Crippen LogP contribution >= 0.6 is 0 Å². The van der Waals surface area contributed by atoms with Crippen molar-refractivity contribution in [3.63, 3.8) is 0 Å². The van der Waals surface area contributed by atoms with Gasteiger partial charge in [0.05, 0.1) is 51.8 Å². The minimum absolute atomic E-state index is 0.0525. The Kier molecular flexibility index (Phi) is 21.4. The molecule has 0 unspecified atom stereocenters. The van der Waals surface area contributed by atoms with Crippen LogP contribution in [0.3, 0.4) is 0 Å². The summed E-state index contributed by atoms with van der Waals surface area (Å²) in [5.74, 6) is -4.73. The highest BCUT2D eigenvalue weighted by Crippen LogP contribution is 2.12. The number of hydrogen-bond donors (Lipinski definition) is 6. The van der Waals surface area contributed by atoms with Crippen LogP contribution in [0.1, 0.15) is 63.8 Å². The maximum atomic E-state index is 14.3. The number of ether oxygens (including phenoxy) is 5. The third-order valence-corrected chi connectivity index (χ3v) is 9.98. The molecule has 0 saturated heterocycles. The van der Waals surface area contributed by atoms with Gasteiger partial charge in [-0.1, -0.05) is 121 Å². The molecule has 0 radical (unpaired) electrons. The van der Waals surface area contributed by atoms with E-state index in [1.165, 1.54) is 13.8 Å². The number of alkyl carbamates (subject to hydrolysis) is 1. The summed E-state index contributed by atoms with van der Waals surface area (Å²) in [6.07, 6.45) is -2.81. The molecule has 6 N–H and O–H groups in total. The van der Waals surface area contributed by atoms with Crippen LogP contribution in [0.15, 0.2) is 121 Å². The Morgan fingerprint density at radius 3 is 1.25 bits per heavy atom. The van der Waals surface area contributed by atoms with Crippen molar-refractivity contribution in [1.29, 1.82) is 0 Å². The van der Waals surface area contributed by atoms with Crippen molar-refractivity contribution in [2.45, 2.75) is 116 Å². The number of amides is 5. The average molecular weight is 926 g/mol. The van der Waals surface area contributed by atoms with Gasteiger partial charge in [0.25, 0.3) is 0 Å². The Hall–Kier alpha value is -6.66. The molecule has 0 saturated carbocycles. The molecule has 17 nitrogen and oxygen atoms in total. The van der Waals surface area contributed by atoms with Crippen LogP contribution in [-0.4, -0.2) is 102 Å². The fourth-order valence-corrected chi connectivity index (χ4v) is 6.30. The van der Waals surface area contributed by atoms with Crippen molar-refractivity contribution < 1.29 is 57.6 Å². The van der Waals surface area contributed by atoms with E-state index in [2.05, 4.69) is 26.6 Å². The van der Waals surface area contributed by atoms with Gasteiger partial charge in [0.15, 0.2) is 6.04 Å². The molecule has 5 amide bonds. The summed E-state index contributed by atoms with van der Waals surface area (Å²) in [6, 6.07) is 29.4. The first-order valence-corrected chi connectivity index (χ1v) is 22.0. The van der Waals surface area contributed by atoms with Gasteiger partial charge in [-0.15, -0.1) is 0 Å². The molecule has 360 valence electrons. The van der Waals surface area contributed by atoms with Crippen molar-refractivity contribution in [1.82, 2.24) is 26.6 Å². The van der Waals surface area contributed by atoms with Gasteiger partial charge < -0.3 is 55.4 Å². The zero-order valence-corrected chi connectivity index (χ0v) is 38.8. The molecule has 67 heavy (non-hydrogen) atoms. The van der Waals surface area contributed by atoms with Gasteiger partial charge in [-0.2, -0.15) is 0 Å². The maximum Gasteiger partial charge on any atom is 0.408 e. The monoisotopic (exact) mass is 925 g/mol. The summed E-state index contributed by atoms with van der Waals surface area (Å²) in [6.45, 7) is 8.98. The van der Waals surface area contributed by atoms with Gasteiger partial charge in [-0.25, -0.2) is 9.59 Å². The van der Waals surface area contributed by atoms with Crippen LogP contribution < -0.4 is 26.6 Å². The molecule has 0 heterocycles. The molecule has 17 heteroatoms. The highest BCUT2D eigenvalue weighted by atomic mass is 16.6. The van der Waals surface area contributed by atoms with Gasteiger partial charge >= 0.3 is 12.1 Å². The molecular formula is C50H63N5O12. The molecule has 0 bridgehead atoms. The fourth-order valence-electron chi connectivity index (χ4n) is 6.30. The van der Waals surface area contributed by atoms with Crippen LogP contribution in [-0.2, 0) is 74.1 Å². The molecule has 4 aromatic carbocycles. The van der Waals surface area contributed by atoms with Gasteiger partial charge in [-0.3, -0.25) is 19.2 Å². The molecule has 0 aliphatic heterocycles. The fraction of sp³-hybridized carbons (Fsp3) is 0.400. The molecule has 0 aromatic heterocycles. The normalized spacial score (nSPS) is 14.4. The number of carbonyl (C=O) groups excluding carboxylic acids is 5. The van der Waals surface area contributed by atoms with Crippen molar-refractivity contribution in [2.24, 2.45) is 0 Å². The summed E-state index contributed by atoms with van der Waals surface area (Å²) in [5, 5.41) is 22.8. The number of benzene rings is 4. The Balaban J connectivity index is 1.54. The van der Waals surface area contributed by atoms with Crippen molar-refractivity contribution in [2.75, 3.05) is 13.2 Å². The number of rotatable bonds is 26. The summed E-state index contributed by atoms with van der Waals surface area (Å²) in [7, 11) is 0. The zero-order chi connectivity index (χ0) is 48.8. The van der Waals surface area contributed by atoms with E-state index in [4.69, 9.17) is 23.7 Å². The van der Waals surface area contributed by atoms with E-state index in [1.807, 2.05) is 121 Å². The minimum Gasteiger partial charge on any atom is -0.480 e. The standard InChI is InChI=1S/C50H63N5O12/c1-33(44(56)54-43(48(60)61)35(3)66-30-39-25-17-10-18-26-39)51-45(57)40(31-63-27-36-19-11-7-12-20-36)52-46(58)41(32-64-28-37-21-13-8-14-22-37)53-47(59)42(55-49(62)67-50(4,5)6)34(2)65-29-38-23-15-9-16-24-38/h7-26,33-35,40-43H,27-32H2,1-6H3,(H,51,57)(H,52,58)(H,53,59)(H,54,56)(H,55,62)(H,60,61)/t33-,34+,35+,40-,41-,42-,43-/m0/s1. The van der Waals surface area contributed by atoms with Crippen LogP contribution in [0.4, 0.5) is 4.79 Å². The summed E-state index contributed by atoms with van der Waals surface area (Å²) in [5.41, 5.74) is 2.26. The first-order chi connectivity index (χ1) is 32.0. The molecule has 4 rings (SSSR count). The maximum absolute atomic E-state index is 14.3. The second-order valence-corrected chi connectivity index (χ2v) is 16.8. The Morgan fingerprint density at radius 2 is 0.851 bits per heavy atom. The van der Waals surface area contributed by atoms with Crippen molar-refractivity contribution in [3.8, 4) is 0 Å². The van der Waals surface area contributed by atoms with Crippen LogP contribution in [0.25, 0.3) is 0 Å². The molecule has 0 aliphatic carbocycles. The third-order valence-electron chi connectivity index (χ3n) is 9.98. The van der Waals surface area contributed by atoms with Gasteiger partial charge in [0.1, 0.15) is 29.8 Å². The van der Waals surface area contributed by atoms with Crippen LogP contribution in [0.2, 0.25) is 0 Å². The van der Waals surface area contributed by atoms with E-state index in [1.54, 1.807) is 27.7 Å². The minimum atomic E-state index is -1.47. The second-order valence-electron chi connectivity index (χ2n) is 16.8. The van der Waals surface area contributed by atoms with E-state index in [0.717, 1.165) is 22.3 Å². The number of hydrogen-bond acceptors (Lipinski definition) is 11. The Morgan fingerprint density at radius 1 is 0.478 bits per heavy atom. The van der Waals surface area contributed by atoms with Crippen molar-refractivity contribution >= 4 is 35.7 Å². The highest BCUT2D eigenvalue weighted by Gasteiger charge is 2.35. The number of carbonyl (C=O) groups is 6. The number of carboxylic acids is 1. The predicted molar refractivity (Wildman–Crippen MR) is 248 cm³/mol. The van der Waals surface area contributed by atoms with E-state index in [9.17, 15) is 33.9 Å². The van der Waals surface area contributed by atoms with Crippen LogP contribution in [0, 0.1) is 0 Å². The Labute approximate surface area is 391 Å². The van der Waals surface area contributed by atoms with Gasteiger partial charge in [0, 0.05) is 0 Å². The SMILES string of the molecule is C[C@H](NC(=O)[C@H](COCc1ccccc1)NC(=O)[C@H](COCc1ccccc1)NC(=O)[C@@H](NC(=O)OC(C)(C)C)[C@@H](C)OCc1ccccc1)C(=O)N[C@H](C(=O)O)[C@@H](C)OCc1ccccc1. The number of carboxylic acid groups (broad SMARTS) is 1. The smallest absolute Gasteiger partial charge is 0.408 e. The summed E-state index contributed by atoms with van der Waals surface area (Å²) in [4.78, 5) is 81.3. The second kappa shape index (κ2) is 27.1. The number of nitrogens with one attached hydrogen (secondary N) is 5. The highest BCUT2D eigenvalue weighted by molar-refractivity contribution is 5.96. The Bertz CT molecular complexity index is 2160.